The second-order valence-corrected chi connectivity index (χ2v) is 5.85. The van der Waals surface area contributed by atoms with Gasteiger partial charge in [-0.05, 0) is 37.1 Å². The van der Waals surface area contributed by atoms with Gasteiger partial charge < -0.3 is 9.26 Å². The SMILES string of the molecule is c1cnnc(-c2noc(-c3ccc(C4CCCO4)s3)n2)c1. The molecule has 0 aliphatic carbocycles. The van der Waals surface area contributed by atoms with Crippen LogP contribution in [0.15, 0.2) is 35.0 Å². The second kappa shape index (κ2) is 5.34. The average Bonchev–Trinajstić information content (AvgIpc) is 3.27. The maximum atomic E-state index is 5.69. The third-order valence-electron chi connectivity index (χ3n) is 3.31. The minimum absolute atomic E-state index is 0.214. The fourth-order valence-electron chi connectivity index (χ4n) is 2.29. The smallest absolute Gasteiger partial charge is 0.268 e. The highest BCUT2D eigenvalue weighted by Crippen LogP contribution is 2.36. The van der Waals surface area contributed by atoms with Crippen molar-refractivity contribution in [2.75, 3.05) is 6.61 Å². The van der Waals surface area contributed by atoms with Gasteiger partial charge in [0, 0.05) is 17.7 Å². The van der Waals surface area contributed by atoms with Crippen molar-refractivity contribution in [2.24, 2.45) is 0 Å². The summed E-state index contributed by atoms with van der Waals surface area (Å²) in [5.41, 5.74) is 0.600. The van der Waals surface area contributed by atoms with E-state index in [1.807, 2.05) is 6.07 Å². The molecule has 0 bridgehead atoms. The van der Waals surface area contributed by atoms with Gasteiger partial charge in [0.1, 0.15) is 5.69 Å². The lowest BCUT2D eigenvalue weighted by atomic mass is 10.2. The zero-order valence-electron chi connectivity index (χ0n) is 11.1. The van der Waals surface area contributed by atoms with Gasteiger partial charge in [0.25, 0.3) is 5.89 Å². The lowest BCUT2D eigenvalue weighted by molar-refractivity contribution is 0.114. The molecule has 1 fully saturated rings. The molecule has 1 saturated heterocycles. The van der Waals surface area contributed by atoms with Crippen molar-refractivity contribution >= 4 is 11.3 Å². The van der Waals surface area contributed by atoms with Crippen molar-refractivity contribution in [1.29, 1.82) is 0 Å². The van der Waals surface area contributed by atoms with Crippen LogP contribution in [0, 0.1) is 0 Å². The van der Waals surface area contributed by atoms with Crippen LogP contribution < -0.4 is 0 Å². The molecule has 0 aromatic carbocycles. The lowest BCUT2D eigenvalue weighted by Gasteiger charge is -2.04. The first-order chi connectivity index (χ1) is 10.4. The van der Waals surface area contributed by atoms with E-state index in [9.17, 15) is 0 Å². The number of hydrogen-bond acceptors (Lipinski definition) is 7. The van der Waals surface area contributed by atoms with Crippen LogP contribution in [0.2, 0.25) is 0 Å². The van der Waals surface area contributed by atoms with Gasteiger partial charge in [-0.3, -0.25) is 0 Å². The number of ether oxygens (including phenoxy) is 1. The van der Waals surface area contributed by atoms with Gasteiger partial charge >= 0.3 is 0 Å². The van der Waals surface area contributed by atoms with Gasteiger partial charge in [-0.2, -0.15) is 10.1 Å². The number of thiophene rings is 1. The summed E-state index contributed by atoms with van der Waals surface area (Å²) in [4.78, 5) is 6.54. The highest BCUT2D eigenvalue weighted by atomic mass is 32.1. The average molecular weight is 300 g/mol. The van der Waals surface area contributed by atoms with Crippen LogP contribution >= 0.6 is 11.3 Å². The summed E-state index contributed by atoms with van der Waals surface area (Å²) < 4.78 is 11.0. The van der Waals surface area contributed by atoms with Crippen molar-refractivity contribution < 1.29 is 9.26 Å². The van der Waals surface area contributed by atoms with Gasteiger partial charge in [0.05, 0.1) is 11.0 Å². The van der Waals surface area contributed by atoms with Gasteiger partial charge in [-0.15, -0.1) is 16.4 Å². The van der Waals surface area contributed by atoms with Gasteiger partial charge in [-0.25, -0.2) is 0 Å². The zero-order valence-corrected chi connectivity index (χ0v) is 11.9. The summed E-state index contributed by atoms with van der Waals surface area (Å²) >= 11 is 1.63. The number of hydrogen-bond donors (Lipinski definition) is 0. The molecule has 3 aromatic heterocycles. The van der Waals surface area contributed by atoms with Crippen molar-refractivity contribution in [3.8, 4) is 22.3 Å². The molecule has 3 aromatic rings. The van der Waals surface area contributed by atoms with Gasteiger partial charge in [0.2, 0.25) is 5.82 Å². The largest absolute Gasteiger partial charge is 0.373 e. The Labute approximate surface area is 124 Å². The van der Waals surface area contributed by atoms with Gasteiger partial charge in [0.15, 0.2) is 0 Å². The van der Waals surface area contributed by atoms with Crippen LogP contribution in [0.3, 0.4) is 0 Å². The molecule has 0 saturated carbocycles. The molecule has 0 spiro atoms. The summed E-state index contributed by atoms with van der Waals surface area (Å²) in [6.45, 7) is 0.843. The third-order valence-corrected chi connectivity index (χ3v) is 4.48. The maximum Gasteiger partial charge on any atom is 0.268 e. The molecule has 7 heteroatoms. The maximum absolute atomic E-state index is 5.69. The van der Waals surface area contributed by atoms with Crippen LogP contribution in [0.4, 0.5) is 0 Å². The van der Waals surface area contributed by atoms with E-state index in [0.717, 1.165) is 24.3 Å². The molecular weight excluding hydrogens is 288 g/mol. The predicted molar refractivity (Wildman–Crippen MR) is 76.6 cm³/mol. The summed E-state index contributed by atoms with van der Waals surface area (Å²) in [7, 11) is 0. The summed E-state index contributed by atoms with van der Waals surface area (Å²) in [6.07, 6.45) is 4.02. The topological polar surface area (TPSA) is 73.9 Å². The Bertz CT molecular complexity index is 734. The van der Waals surface area contributed by atoms with Gasteiger partial charge in [-0.1, -0.05) is 5.16 Å². The number of aromatic nitrogens is 4. The molecule has 0 radical (unpaired) electrons. The molecule has 1 atom stereocenters. The van der Waals surface area contributed by atoms with E-state index in [2.05, 4.69) is 26.4 Å². The second-order valence-electron chi connectivity index (χ2n) is 4.74. The molecule has 1 aliphatic rings. The van der Waals surface area contributed by atoms with Crippen molar-refractivity contribution in [3.63, 3.8) is 0 Å². The molecular formula is C14H12N4O2S. The Hall–Kier alpha value is -2.12. The highest BCUT2D eigenvalue weighted by molar-refractivity contribution is 7.15. The fraction of sp³-hybridized carbons (Fsp3) is 0.286. The fourth-order valence-corrected chi connectivity index (χ4v) is 3.30. The minimum Gasteiger partial charge on any atom is -0.373 e. The first kappa shape index (κ1) is 12.6. The molecule has 1 aliphatic heterocycles. The highest BCUT2D eigenvalue weighted by Gasteiger charge is 2.21. The molecule has 0 N–H and O–H groups in total. The zero-order chi connectivity index (χ0) is 14.1. The Morgan fingerprint density at radius 2 is 2.24 bits per heavy atom. The Kier molecular flexibility index (Phi) is 3.21. The summed E-state index contributed by atoms with van der Waals surface area (Å²) in [5, 5.41) is 11.7. The number of rotatable bonds is 3. The molecule has 0 amide bonds. The predicted octanol–water partition coefficient (Wildman–Crippen LogP) is 3.11. The molecule has 1 unspecified atom stereocenters. The van der Waals surface area contributed by atoms with E-state index in [0.29, 0.717) is 17.4 Å². The van der Waals surface area contributed by atoms with E-state index in [1.54, 1.807) is 29.7 Å². The van der Waals surface area contributed by atoms with Crippen molar-refractivity contribution in [3.05, 3.63) is 35.3 Å². The van der Waals surface area contributed by atoms with Crippen molar-refractivity contribution in [2.45, 2.75) is 18.9 Å². The van der Waals surface area contributed by atoms with Crippen LogP contribution in [0.5, 0.6) is 0 Å². The minimum atomic E-state index is 0.214. The molecule has 6 nitrogen and oxygen atoms in total. The molecule has 21 heavy (non-hydrogen) atoms. The monoisotopic (exact) mass is 300 g/mol. The standard InChI is InChI=1S/C14H12N4O2S/c1-3-9(17-15-7-1)13-16-14(20-18-13)12-6-5-11(21-12)10-4-2-8-19-10/h1,3,5-7,10H,2,4,8H2. The Morgan fingerprint density at radius 1 is 1.24 bits per heavy atom. The number of nitrogens with zero attached hydrogens (tertiary/aromatic N) is 4. The van der Waals surface area contributed by atoms with Crippen LogP contribution in [-0.4, -0.2) is 26.9 Å². The first-order valence-electron chi connectivity index (χ1n) is 6.73. The van der Waals surface area contributed by atoms with Crippen LogP contribution in [-0.2, 0) is 4.74 Å². The molecule has 4 heterocycles. The van der Waals surface area contributed by atoms with Crippen LogP contribution in [0.1, 0.15) is 23.8 Å². The van der Waals surface area contributed by atoms with Crippen molar-refractivity contribution in [1.82, 2.24) is 20.3 Å². The van der Waals surface area contributed by atoms with E-state index >= 15 is 0 Å². The molecule has 4 rings (SSSR count). The van der Waals surface area contributed by atoms with E-state index in [-0.39, 0.29) is 6.10 Å². The summed E-state index contributed by atoms with van der Waals surface area (Å²) in [5.74, 6) is 0.954. The van der Waals surface area contributed by atoms with E-state index in [1.165, 1.54) is 4.88 Å². The Morgan fingerprint density at radius 3 is 3.05 bits per heavy atom. The third kappa shape index (κ3) is 2.45. The first-order valence-corrected chi connectivity index (χ1v) is 7.55. The van der Waals surface area contributed by atoms with Crippen LogP contribution in [0.25, 0.3) is 22.3 Å². The molecule has 106 valence electrons. The summed E-state index contributed by atoms with van der Waals surface area (Å²) in [6, 6.07) is 7.66. The van der Waals surface area contributed by atoms with E-state index < -0.39 is 0 Å². The lowest BCUT2D eigenvalue weighted by Crippen LogP contribution is -1.90. The normalized spacial score (nSPS) is 18.2. The van der Waals surface area contributed by atoms with E-state index in [4.69, 9.17) is 9.26 Å². The quantitative estimate of drug-likeness (QED) is 0.740. The Balaban J connectivity index is 1.61.